The van der Waals surface area contributed by atoms with E-state index in [1.165, 1.54) is 0 Å². The fourth-order valence-electron chi connectivity index (χ4n) is 2.94. The number of nitrogens with zero attached hydrogens (tertiary/aromatic N) is 1. The van der Waals surface area contributed by atoms with Gasteiger partial charge in [-0.15, -0.1) is 0 Å². The quantitative estimate of drug-likeness (QED) is 0.446. The molecule has 2 aromatic rings. The van der Waals surface area contributed by atoms with Crippen molar-refractivity contribution in [2.24, 2.45) is 0 Å². The lowest BCUT2D eigenvalue weighted by Gasteiger charge is -2.17. The topological polar surface area (TPSA) is 153 Å². The largest absolute Gasteiger partial charge is 0.483 e. The van der Waals surface area contributed by atoms with E-state index in [9.17, 15) is 9.59 Å². The third-order valence-corrected chi connectivity index (χ3v) is 4.77. The number of H-pyrrole nitrogens is 1. The molecule has 10 nitrogen and oxygen atoms in total. The highest BCUT2D eigenvalue weighted by atomic mass is 16.4. The van der Waals surface area contributed by atoms with Crippen LogP contribution in [0, 0.1) is 13.8 Å². The lowest BCUT2D eigenvalue weighted by Crippen LogP contribution is -2.25. The Kier molecular flexibility index (Phi) is 13.8. The Morgan fingerprint density at radius 2 is 1.72 bits per heavy atom. The molecule has 0 unspecified atom stereocenters. The van der Waals surface area contributed by atoms with Gasteiger partial charge in [-0.3, -0.25) is 24.1 Å². The third kappa shape index (κ3) is 8.76. The summed E-state index contributed by atoms with van der Waals surface area (Å²) in [5.41, 5.74) is 3.06. The van der Waals surface area contributed by atoms with Gasteiger partial charge in [-0.1, -0.05) is 20.8 Å². The van der Waals surface area contributed by atoms with E-state index in [-0.39, 0.29) is 30.8 Å². The molecule has 2 heterocycles. The van der Waals surface area contributed by atoms with E-state index in [1.54, 1.807) is 20.0 Å². The number of carboxylic acid groups (broad SMARTS) is 2. The molecule has 2 rings (SSSR count). The fraction of sp³-hybridized carbons (Fsp3) is 0.455. The summed E-state index contributed by atoms with van der Waals surface area (Å²) >= 11 is 0. The van der Waals surface area contributed by atoms with Gasteiger partial charge in [0.25, 0.3) is 18.9 Å². The van der Waals surface area contributed by atoms with E-state index in [4.69, 9.17) is 24.2 Å². The van der Waals surface area contributed by atoms with Gasteiger partial charge in [0.1, 0.15) is 5.76 Å². The molecule has 0 saturated heterocycles. The highest BCUT2D eigenvalue weighted by molar-refractivity contribution is 5.91. The Hall–Kier alpha value is -3.40. The minimum absolute atomic E-state index is 0.000718. The molecular formula is C22H33N3O7. The van der Waals surface area contributed by atoms with Gasteiger partial charge in [0, 0.05) is 41.5 Å². The van der Waals surface area contributed by atoms with Crippen LogP contribution in [0.3, 0.4) is 0 Å². The second-order valence-electron chi connectivity index (χ2n) is 6.67. The molecule has 0 aliphatic carbocycles. The van der Waals surface area contributed by atoms with Gasteiger partial charge in [-0.05, 0) is 33.0 Å². The van der Waals surface area contributed by atoms with Crippen molar-refractivity contribution in [3.63, 3.8) is 0 Å². The zero-order valence-corrected chi connectivity index (χ0v) is 19.2. The van der Waals surface area contributed by atoms with E-state index in [0.29, 0.717) is 22.6 Å². The van der Waals surface area contributed by atoms with Crippen LogP contribution in [0.15, 0.2) is 21.5 Å². The lowest BCUT2D eigenvalue weighted by molar-refractivity contribution is -0.123. The fourth-order valence-corrected chi connectivity index (χ4v) is 2.94. The summed E-state index contributed by atoms with van der Waals surface area (Å²) in [5.74, 6) is 0.893. The van der Waals surface area contributed by atoms with Crippen molar-refractivity contribution >= 4 is 18.9 Å². The van der Waals surface area contributed by atoms with E-state index >= 15 is 0 Å². The minimum atomic E-state index is -0.272. The number of carbonyl (C=O) groups is 3. The summed E-state index contributed by atoms with van der Waals surface area (Å²) in [6.07, 6.45) is 2.41. The summed E-state index contributed by atoms with van der Waals surface area (Å²) in [5, 5.41) is 16.6. The summed E-state index contributed by atoms with van der Waals surface area (Å²) in [6.45, 7) is 12.2. The second kappa shape index (κ2) is 15.4. The van der Waals surface area contributed by atoms with Gasteiger partial charge in [-0.2, -0.15) is 0 Å². The van der Waals surface area contributed by atoms with Crippen LogP contribution in [0.2, 0.25) is 0 Å². The monoisotopic (exact) mass is 451 g/mol. The van der Waals surface area contributed by atoms with Crippen LogP contribution >= 0.6 is 0 Å². The van der Waals surface area contributed by atoms with Crippen LogP contribution < -0.4 is 10.7 Å². The predicted octanol–water partition coefficient (Wildman–Crippen LogP) is 2.32. The molecule has 1 amide bonds. The number of carbonyl (C=O) groups excluding carboxylic acids is 1. The Balaban J connectivity index is 0.00000144. The molecule has 4 N–H and O–H groups in total. The number of aromatic nitrogens is 1. The Morgan fingerprint density at radius 3 is 2.22 bits per heavy atom. The second-order valence-corrected chi connectivity index (χ2v) is 6.67. The Labute approximate surface area is 187 Å². The standard InChI is InChI=1S/C20H29N3O3.2CH2O2/c1-6-17-15(12-23(7-2)8-3)9-18(26-17)20(25)22-11-16-14(5)19(24)13(4)10-21-16;2*2-1-3/h9-10H,6-8,11-12H2,1-5H3,(H,21,24)(H,22,25);2*1H,(H,2,3). The zero-order valence-electron chi connectivity index (χ0n) is 19.2. The molecule has 0 atom stereocenters. The first-order chi connectivity index (χ1) is 15.2. The molecule has 2 aromatic heterocycles. The van der Waals surface area contributed by atoms with Gasteiger partial charge in [-0.25, -0.2) is 0 Å². The first-order valence-corrected chi connectivity index (χ1v) is 10.2. The normalized spacial score (nSPS) is 9.81. The minimum Gasteiger partial charge on any atom is -0.483 e. The number of amides is 1. The molecule has 0 saturated carbocycles. The molecule has 0 fully saturated rings. The third-order valence-electron chi connectivity index (χ3n) is 4.77. The van der Waals surface area contributed by atoms with Gasteiger partial charge in [0.15, 0.2) is 11.2 Å². The van der Waals surface area contributed by atoms with Crippen LogP contribution in [0.25, 0.3) is 0 Å². The van der Waals surface area contributed by atoms with Gasteiger partial charge < -0.3 is 24.9 Å². The van der Waals surface area contributed by atoms with Crippen LogP contribution in [-0.2, 0) is 29.1 Å². The van der Waals surface area contributed by atoms with Crippen molar-refractivity contribution in [1.82, 2.24) is 15.2 Å². The van der Waals surface area contributed by atoms with Crippen LogP contribution in [0.1, 0.15) is 59.5 Å². The first-order valence-electron chi connectivity index (χ1n) is 10.2. The van der Waals surface area contributed by atoms with Crippen LogP contribution in [-0.4, -0.2) is 52.0 Å². The average Bonchev–Trinajstić information content (AvgIpc) is 3.19. The highest BCUT2D eigenvalue weighted by Crippen LogP contribution is 2.18. The van der Waals surface area contributed by atoms with Gasteiger partial charge in [0.05, 0.1) is 6.54 Å². The Bertz CT molecular complexity index is 909. The van der Waals surface area contributed by atoms with Crippen molar-refractivity contribution in [1.29, 1.82) is 0 Å². The zero-order chi connectivity index (χ0) is 24.7. The van der Waals surface area contributed by atoms with Crippen molar-refractivity contribution in [3.05, 3.63) is 56.4 Å². The van der Waals surface area contributed by atoms with Crippen LogP contribution in [0.4, 0.5) is 0 Å². The van der Waals surface area contributed by atoms with E-state index in [0.717, 1.165) is 37.4 Å². The predicted molar refractivity (Wildman–Crippen MR) is 120 cm³/mol. The number of furan rings is 1. The molecule has 0 spiro atoms. The maximum absolute atomic E-state index is 12.5. The highest BCUT2D eigenvalue weighted by Gasteiger charge is 2.17. The van der Waals surface area contributed by atoms with E-state index in [1.807, 2.05) is 13.0 Å². The summed E-state index contributed by atoms with van der Waals surface area (Å²) < 4.78 is 5.77. The molecule has 10 heteroatoms. The SMILES string of the molecule is CCc1oc(C(=O)NCc2[nH]cc(C)c(=O)c2C)cc1CN(CC)CC.O=CO.O=CO. The number of hydrogen-bond donors (Lipinski definition) is 4. The van der Waals surface area contributed by atoms with E-state index < -0.39 is 0 Å². The molecule has 0 aromatic carbocycles. The van der Waals surface area contributed by atoms with Gasteiger partial charge in [0.2, 0.25) is 0 Å². The van der Waals surface area contributed by atoms with Crippen molar-refractivity contribution < 1.29 is 29.0 Å². The van der Waals surface area contributed by atoms with Crippen molar-refractivity contribution in [2.45, 2.75) is 54.1 Å². The molecule has 0 aliphatic heterocycles. The Morgan fingerprint density at radius 1 is 1.16 bits per heavy atom. The molecule has 32 heavy (non-hydrogen) atoms. The van der Waals surface area contributed by atoms with E-state index in [2.05, 4.69) is 29.0 Å². The first kappa shape index (κ1) is 28.6. The van der Waals surface area contributed by atoms with Crippen LogP contribution in [0.5, 0.6) is 0 Å². The average molecular weight is 452 g/mol. The molecule has 0 aliphatic rings. The molecule has 0 radical (unpaired) electrons. The lowest BCUT2D eigenvalue weighted by atomic mass is 10.1. The number of aryl methyl sites for hydroxylation is 2. The number of nitrogens with one attached hydrogen (secondary N) is 2. The van der Waals surface area contributed by atoms with Gasteiger partial charge >= 0.3 is 0 Å². The summed E-state index contributed by atoms with van der Waals surface area (Å²) in [6, 6.07) is 1.83. The van der Waals surface area contributed by atoms with Crippen molar-refractivity contribution in [2.75, 3.05) is 13.1 Å². The van der Waals surface area contributed by atoms with Crippen molar-refractivity contribution in [3.8, 4) is 0 Å². The molecule has 178 valence electrons. The number of pyridine rings is 1. The number of rotatable bonds is 8. The molecule has 0 bridgehead atoms. The molecular weight excluding hydrogens is 418 g/mol. The smallest absolute Gasteiger partial charge is 0.290 e. The maximum atomic E-state index is 12.5. The number of hydrogen-bond acceptors (Lipinski definition) is 6. The summed E-state index contributed by atoms with van der Waals surface area (Å²) in [7, 11) is 0. The number of aromatic amines is 1. The summed E-state index contributed by atoms with van der Waals surface area (Å²) in [4.78, 5) is 46.5. The maximum Gasteiger partial charge on any atom is 0.290 e.